The highest BCUT2D eigenvalue weighted by molar-refractivity contribution is 4.81. The maximum absolute atomic E-state index is 9.36. The molecule has 0 aliphatic carbocycles. The smallest absolute Gasteiger partial charge is 0.0610 e. The molecule has 0 amide bonds. The van der Waals surface area contributed by atoms with Gasteiger partial charge in [-0.15, -0.1) is 0 Å². The normalized spacial score (nSPS) is 25.7. The molecule has 0 spiro atoms. The van der Waals surface area contributed by atoms with E-state index in [9.17, 15) is 5.11 Å². The van der Waals surface area contributed by atoms with Crippen molar-refractivity contribution >= 4 is 0 Å². The second kappa shape index (κ2) is 8.13. The second-order valence-corrected chi connectivity index (χ2v) is 6.12. The summed E-state index contributed by atoms with van der Waals surface area (Å²) in [4.78, 5) is 2.61. The summed E-state index contributed by atoms with van der Waals surface area (Å²) in [5.74, 6) is 0.954. The molecule has 1 aliphatic heterocycles. The van der Waals surface area contributed by atoms with Gasteiger partial charge in [-0.1, -0.05) is 13.3 Å². The van der Waals surface area contributed by atoms with Gasteiger partial charge in [-0.05, 0) is 71.6 Å². The number of hydrogen-bond donors (Lipinski definition) is 2. The molecule has 2 atom stereocenters. The Hall–Kier alpha value is -0.120. The first-order chi connectivity index (χ1) is 8.63. The van der Waals surface area contributed by atoms with Crippen molar-refractivity contribution < 1.29 is 5.11 Å². The van der Waals surface area contributed by atoms with Crippen molar-refractivity contribution in [3.05, 3.63) is 0 Å². The quantitative estimate of drug-likeness (QED) is 0.733. The van der Waals surface area contributed by atoms with E-state index in [1.807, 2.05) is 7.05 Å². The zero-order chi connectivity index (χ0) is 13.4. The van der Waals surface area contributed by atoms with Crippen LogP contribution in [0.1, 0.15) is 52.4 Å². The molecule has 1 heterocycles. The van der Waals surface area contributed by atoms with E-state index >= 15 is 0 Å². The first-order valence-corrected chi connectivity index (χ1v) is 7.65. The van der Waals surface area contributed by atoms with Crippen molar-refractivity contribution in [3.63, 3.8) is 0 Å². The molecule has 1 rings (SSSR count). The number of likely N-dealkylation sites (N-methyl/N-ethyl adjacent to an activating group) is 1. The van der Waals surface area contributed by atoms with Crippen LogP contribution in [0, 0.1) is 5.92 Å². The fourth-order valence-corrected chi connectivity index (χ4v) is 2.83. The third-order valence-electron chi connectivity index (χ3n) is 4.67. The highest BCUT2D eigenvalue weighted by Gasteiger charge is 2.21. The number of rotatable bonds is 7. The zero-order valence-corrected chi connectivity index (χ0v) is 12.5. The third kappa shape index (κ3) is 5.25. The van der Waals surface area contributed by atoms with E-state index in [0.29, 0.717) is 0 Å². The molecule has 1 aliphatic rings. The predicted molar refractivity (Wildman–Crippen MR) is 77.9 cm³/mol. The molecular weight excluding hydrogens is 224 g/mol. The standard InChI is InChI=1S/C15H32N2O/c1-4-14-7-5-10-17(12-8-14)11-6-9-15(2,13-18)16-3/h14,16,18H,4-13H2,1-3H3. The fourth-order valence-electron chi connectivity index (χ4n) is 2.83. The monoisotopic (exact) mass is 256 g/mol. The van der Waals surface area contributed by atoms with E-state index in [1.165, 1.54) is 51.7 Å². The lowest BCUT2D eigenvalue weighted by Gasteiger charge is -2.28. The minimum atomic E-state index is -0.0994. The maximum atomic E-state index is 9.36. The molecule has 0 aromatic carbocycles. The number of nitrogens with one attached hydrogen (secondary N) is 1. The Kier molecular flexibility index (Phi) is 7.20. The van der Waals surface area contributed by atoms with Crippen molar-refractivity contribution in [1.82, 2.24) is 10.2 Å². The van der Waals surface area contributed by atoms with Gasteiger partial charge in [-0.25, -0.2) is 0 Å². The van der Waals surface area contributed by atoms with Gasteiger partial charge in [0, 0.05) is 5.54 Å². The van der Waals surface area contributed by atoms with Crippen LogP contribution in [0.25, 0.3) is 0 Å². The largest absolute Gasteiger partial charge is 0.394 e. The second-order valence-electron chi connectivity index (χ2n) is 6.12. The van der Waals surface area contributed by atoms with Gasteiger partial charge in [0.2, 0.25) is 0 Å². The molecule has 1 saturated heterocycles. The van der Waals surface area contributed by atoms with Crippen LogP contribution in [0.5, 0.6) is 0 Å². The number of aliphatic hydroxyl groups is 1. The molecule has 2 N–H and O–H groups in total. The first-order valence-electron chi connectivity index (χ1n) is 7.65. The number of nitrogens with zero attached hydrogens (tertiary/aromatic N) is 1. The lowest BCUT2D eigenvalue weighted by molar-refractivity contribution is 0.164. The molecule has 0 aromatic rings. The molecule has 1 fully saturated rings. The Morgan fingerprint density at radius 2 is 2.11 bits per heavy atom. The van der Waals surface area contributed by atoms with Crippen molar-refractivity contribution in [2.45, 2.75) is 57.9 Å². The third-order valence-corrected chi connectivity index (χ3v) is 4.67. The van der Waals surface area contributed by atoms with Crippen LogP contribution in [0.2, 0.25) is 0 Å². The zero-order valence-electron chi connectivity index (χ0n) is 12.5. The van der Waals surface area contributed by atoms with Crippen molar-refractivity contribution in [2.75, 3.05) is 33.3 Å². The molecule has 0 saturated carbocycles. The van der Waals surface area contributed by atoms with Crippen LogP contribution < -0.4 is 5.32 Å². The summed E-state index contributed by atoms with van der Waals surface area (Å²) < 4.78 is 0. The molecular formula is C15H32N2O. The maximum Gasteiger partial charge on any atom is 0.0610 e. The molecule has 3 heteroatoms. The summed E-state index contributed by atoms with van der Waals surface area (Å²) in [5, 5.41) is 12.6. The minimum absolute atomic E-state index is 0.0994. The Morgan fingerprint density at radius 3 is 2.72 bits per heavy atom. The van der Waals surface area contributed by atoms with E-state index < -0.39 is 0 Å². The molecule has 0 aromatic heterocycles. The van der Waals surface area contributed by atoms with Crippen LogP contribution in [0.3, 0.4) is 0 Å². The predicted octanol–water partition coefficient (Wildman–Crippen LogP) is 2.25. The average molecular weight is 256 g/mol. The van der Waals surface area contributed by atoms with Crippen LogP contribution >= 0.6 is 0 Å². The number of aliphatic hydroxyl groups excluding tert-OH is 1. The van der Waals surface area contributed by atoms with E-state index in [0.717, 1.165) is 12.3 Å². The highest BCUT2D eigenvalue weighted by atomic mass is 16.3. The molecule has 18 heavy (non-hydrogen) atoms. The van der Waals surface area contributed by atoms with Crippen LogP contribution in [-0.2, 0) is 0 Å². The van der Waals surface area contributed by atoms with Gasteiger partial charge < -0.3 is 15.3 Å². The Bertz CT molecular complexity index is 217. The number of hydrogen-bond acceptors (Lipinski definition) is 3. The van der Waals surface area contributed by atoms with Gasteiger partial charge in [0.25, 0.3) is 0 Å². The molecule has 0 radical (unpaired) electrons. The topological polar surface area (TPSA) is 35.5 Å². The van der Waals surface area contributed by atoms with Crippen LogP contribution in [0.4, 0.5) is 0 Å². The minimum Gasteiger partial charge on any atom is -0.394 e. The fraction of sp³-hybridized carbons (Fsp3) is 1.00. The summed E-state index contributed by atoms with van der Waals surface area (Å²) in [6, 6.07) is 0. The average Bonchev–Trinajstić information content (AvgIpc) is 2.63. The van der Waals surface area contributed by atoms with Gasteiger partial charge >= 0.3 is 0 Å². The molecule has 108 valence electrons. The van der Waals surface area contributed by atoms with Crippen LogP contribution in [0.15, 0.2) is 0 Å². The van der Waals surface area contributed by atoms with Crippen molar-refractivity contribution in [1.29, 1.82) is 0 Å². The Labute approximate surface area is 113 Å². The molecule has 0 bridgehead atoms. The molecule has 3 nitrogen and oxygen atoms in total. The van der Waals surface area contributed by atoms with Crippen molar-refractivity contribution in [2.24, 2.45) is 5.92 Å². The van der Waals surface area contributed by atoms with E-state index in [4.69, 9.17) is 0 Å². The van der Waals surface area contributed by atoms with E-state index in [1.54, 1.807) is 0 Å². The lowest BCUT2D eigenvalue weighted by atomic mass is 9.97. The lowest BCUT2D eigenvalue weighted by Crippen LogP contribution is -2.44. The van der Waals surface area contributed by atoms with Gasteiger partial charge in [0.05, 0.1) is 6.61 Å². The summed E-state index contributed by atoms with van der Waals surface area (Å²) in [5.41, 5.74) is -0.0994. The summed E-state index contributed by atoms with van der Waals surface area (Å²) in [6.07, 6.45) is 7.72. The van der Waals surface area contributed by atoms with Gasteiger partial charge in [0.15, 0.2) is 0 Å². The first kappa shape index (κ1) is 15.9. The summed E-state index contributed by atoms with van der Waals surface area (Å²) in [7, 11) is 1.94. The SMILES string of the molecule is CCC1CCCN(CCCC(C)(CO)NC)CC1. The molecule has 2 unspecified atom stereocenters. The van der Waals surface area contributed by atoms with E-state index in [-0.39, 0.29) is 12.1 Å². The highest BCUT2D eigenvalue weighted by Crippen LogP contribution is 2.21. The summed E-state index contributed by atoms with van der Waals surface area (Å²) >= 11 is 0. The number of likely N-dealkylation sites (tertiary alicyclic amines) is 1. The Morgan fingerprint density at radius 1 is 1.33 bits per heavy atom. The van der Waals surface area contributed by atoms with Crippen molar-refractivity contribution in [3.8, 4) is 0 Å². The van der Waals surface area contributed by atoms with Crippen LogP contribution in [-0.4, -0.2) is 48.8 Å². The Balaban J connectivity index is 2.23. The van der Waals surface area contributed by atoms with Gasteiger partial charge in [-0.3, -0.25) is 0 Å². The van der Waals surface area contributed by atoms with Gasteiger partial charge in [0.1, 0.15) is 0 Å². The summed E-state index contributed by atoms with van der Waals surface area (Å²) in [6.45, 7) is 8.37. The van der Waals surface area contributed by atoms with E-state index in [2.05, 4.69) is 24.1 Å². The van der Waals surface area contributed by atoms with Gasteiger partial charge in [-0.2, -0.15) is 0 Å².